The minimum absolute atomic E-state index is 0.241. The van der Waals surface area contributed by atoms with Gasteiger partial charge in [0.15, 0.2) is 5.78 Å². The number of nitriles is 1. The Labute approximate surface area is 82.0 Å². The Morgan fingerprint density at radius 3 is 2.50 bits per heavy atom. The first-order valence-electron chi connectivity index (χ1n) is 4.38. The zero-order valence-corrected chi connectivity index (χ0v) is 7.83. The second-order valence-corrected chi connectivity index (χ2v) is 2.96. The molecule has 0 aliphatic carbocycles. The molecule has 0 aliphatic heterocycles. The molecule has 0 heterocycles. The van der Waals surface area contributed by atoms with Crippen molar-refractivity contribution in [3.05, 3.63) is 35.6 Å². The molecule has 1 aromatic carbocycles. The predicted octanol–water partition coefficient (Wildman–Crippen LogP) is 2.56. The van der Waals surface area contributed by atoms with E-state index in [1.807, 2.05) is 6.07 Å². The fourth-order valence-electron chi connectivity index (χ4n) is 1.15. The van der Waals surface area contributed by atoms with Gasteiger partial charge in [0.05, 0.1) is 6.07 Å². The molecular formula is C11H10FNO. The molecule has 2 nitrogen and oxygen atoms in total. The van der Waals surface area contributed by atoms with Crippen LogP contribution in [0.2, 0.25) is 0 Å². The van der Waals surface area contributed by atoms with Crippen molar-refractivity contribution in [1.82, 2.24) is 0 Å². The van der Waals surface area contributed by atoms with Crippen LogP contribution < -0.4 is 0 Å². The molecule has 1 aromatic rings. The molecule has 3 heteroatoms. The van der Waals surface area contributed by atoms with Gasteiger partial charge in [-0.1, -0.05) is 6.92 Å². The Balaban J connectivity index is 2.90. The smallest absolute Gasteiger partial charge is 0.179 e. The highest BCUT2D eigenvalue weighted by molar-refractivity contribution is 5.99. The van der Waals surface area contributed by atoms with Gasteiger partial charge < -0.3 is 0 Å². The Kier molecular flexibility index (Phi) is 3.35. The van der Waals surface area contributed by atoms with Gasteiger partial charge in [0, 0.05) is 5.56 Å². The highest BCUT2D eigenvalue weighted by atomic mass is 19.1. The van der Waals surface area contributed by atoms with Crippen LogP contribution in [0, 0.1) is 23.1 Å². The summed E-state index contributed by atoms with van der Waals surface area (Å²) in [5.74, 6) is -1.25. The summed E-state index contributed by atoms with van der Waals surface area (Å²) in [6.45, 7) is 1.77. The van der Waals surface area contributed by atoms with Crippen LogP contribution in [0.4, 0.5) is 4.39 Å². The lowest BCUT2D eigenvalue weighted by Crippen LogP contribution is -2.11. The van der Waals surface area contributed by atoms with Gasteiger partial charge in [-0.2, -0.15) is 5.26 Å². The second-order valence-electron chi connectivity index (χ2n) is 2.96. The van der Waals surface area contributed by atoms with Crippen molar-refractivity contribution in [2.45, 2.75) is 13.3 Å². The molecule has 0 amide bonds. The standard InChI is InChI=1S/C11H10FNO/c1-2-8(7-13)11(14)9-3-5-10(12)6-4-9/h3-6,8H,2H2,1H3. The molecule has 0 aromatic heterocycles. The quantitative estimate of drug-likeness (QED) is 0.689. The van der Waals surface area contributed by atoms with E-state index in [9.17, 15) is 9.18 Å². The van der Waals surface area contributed by atoms with Crippen LogP contribution in [-0.2, 0) is 0 Å². The molecule has 1 unspecified atom stereocenters. The fraction of sp³-hybridized carbons (Fsp3) is 0.273. The van der Waals surface area contributed by atoms with E-state index in [4.69, 9.17) is 5.26 Å². The highest BCUT2D eigenvalue weighted by Gasteiger charge is 2.16. The highest BCUT2D eigenvalue weighted by Crippen LogP contribution is 2.12. The van der Waals surface area contributed by atoms with Crippen LogP contribution in [0.25, 0.3) is 0 Å². The van der Waals surface area contributed by atoms with Gasteiger partial charge in [-0.05, 0) is 30.7 Å². The van der Waals surface area contributed by atoms with Gasteiger partial charge in [0.2, 0.25) is 0 Å². The number of hydrogen-bond acceptors (Lipinski definition) is 2. The van der Waals surface area contributed by atoms with E-state index >= 15 is 0 Å². The van der Waals surface area contributed by atoms with Crippen molar-refractivity contribution in [1.29, 1.82) is 5.26 Å². The molecule has 1 atom stereocenters. The van der Waals surface area contributed by atoms with Gasteiger partial charge in [-0.25, -0.2) is 4.39 Å². The molecule has 0 N–H and O–H groups in total. The van der Waals surface area contributed by atoms with Crippen molar-refractivity contribution < 1.29 is 9.18 Å². The number of benzene rings is 1. The Bertz CT molecular complexity index is 364. The molecule has 0 bridgehead atoms. The van der Waals surface area contributed by atoms with Gasteiger partial charge in [0.25, 0.3) is 0 Å². The molecule has 0 aliphatic rings. The Morgan fingerprint density at radius 1 is 1.50 bits per heavy atom. The van der Waals surface area contributed by atoms with Crippen molar-refractivity contribution >= 4 is 5.78 Å². The van der Waals surface area contributed by atoms with Crippen LogP contribution in [0.1, 0.15) is 23.7 Å². The predicted molar refractivity (Wildman–Crippen MR) is 50.1 cm³/mol. The molecule has 72 valence electrons. The average molecular weight is 191 g/mol. The zero-order chi connectivity index (χ0) is 10.6. The maximum absolute atomic E-state index is 12.5. The third-order valence-corrected chi connectivity index (χ3v) is 2.01. The first kappa shape index (κ1) is 10.4. The van der Waals surface area contributed by atoms with Gasteiger partial charge in [-0.3, -0.25) is 4.79 Å². The zero-order valence-electron chi connectivity index (χ0n) is 7.83. The number of Topliss-reactive ketones (excluding diaryl/α,β-unsaturated/α-hetero) is 1. The molecule has 1 rings (SSSR count). The topological polar surface area (TPSA) is 40.9 Å². The monoisotopic (exact) mass is 191 g/mol. The van der Waals surface area contributed by atoms with E-state index in [1.165, 1.54) is 24.3 Å². The summed E-state index contributed by atoms with van der Waals surface area (Å²) in [7, 11) is 0. The van der Waals surface area contributed by atoms with E-state index in [-0.39, 0.29) is 11.6 Å². The van der Waals surface area contributed by atoms with Crippen LogP contribution >= 0.6 is 0 Å². The number of carbonyl (C=O) groups is 1. The van der Waals surface area contributed by atoms with Crippen LogP contribution in [-0.4, -0.2) is 5.78 Å². The van der Waals surface area contributed by atoms with E-state index < -0.39 is 5.92 Å². The van der Waals surface area contributed by atoms with E-state index in [0.29, 0.717) is 12.0 Å². The molecule has 0 spiro atoms. The first-order valence-corrected chi connectivity index (χ1v) is 4.38. The summed E-state index contributed by atoms with van der Waals surface area (Å²) >= 11 is 0. The third-order valence-electron chi connectivity index (χ3n) is 2.01. The van der Waals surface area contributed by atoms with E-state index in [0.717, 1.165) is 0 Å². The SMILES string of the molecule is CCC(C#N)C(=O)c1ccc(F)cc1. The summed E-state index contributed by atoms with van der Waals surface area (Å²) in [5.41, 5.74) is 0.389. The van der Waals surface area contributed by atoms with E-state index in [2.05, 4.69) is 0 Å². The molecule has 14 heavy (non-hydrogen) atoms. The molecular weight excluding hydrogens is 181 g/mol. The Hall–Kier alpha value is -1.69. The average Bonchev–Trinajstić information content (AvgIpc) is 2.20. The lowest BCUT2D eigenvalue weighted by atomic mass is 9.97. The van der Waals surface area contributed by atoms with Crippen LogP contribution in [0.3, 0.4) is 0 Å². The molecule has 0 saturated carbocycles. The summed E-state index contributed by atoms with van der Waals surface area (Å²) in [5, 5.41) is 8.67. The number of hydrogen-bond donors (Lipinski definition) is 0. The van der Waals surface area contributed by atoms with Crippen molar-refractivity contribution in [3.63, 3.8) is 0 Å². The number of nitrogens with zero attached hydrogens (tertiary/aromatic N) is 1. The fourth-order valence-corrected chi connectivity index (χ4v) is 1.15. The van der Waals surface area contributed by atoms with Gasteiger partial charge in [-0.15, -0.1) is 0 Å². The molecule has 0 radical (unpaired) electrons. The largest absolute Gasteiger partial charge is 0.293 e. The van der Waals surface area contributed by atoms with Crippen molar-refractivity contribution in [2.24, 2.45) is 5.92 Å². The van der Waals surface area contributed by atoms with E-state index in [1.54, 1.807) is 6.92 Å². The van der Waals surface area contributed by atoms with Gasteiger partial charge >= 0.3 is 0 Å². The summed E-state index contributed by atoms with van der Waals surface area (Å²) in [4.78, 5) is 11.6. The van der Waals surface area contributed by atoms with Crippen LogP contribution in [0.15, 0.2) is 24.3 Å². The summed E-state index contributed by atoms with van der Waals surface area (Å²) in [6, 6.07) is 7.16. The maximum atomic E-state index is 12.5. The second kappa shape index (κ2) is 4.52. The third kappa shape index (κ3) is 2.17. The maximum Gasteiger partial charge on any atom is 0.179 e. The first-order chi connectivity index (χ1) is 6.69. The van der Waals surface area contributed by atoms with Crippen molar-refractivity contribution in [2.75, 3.05) is 0 Å². The van der Waals surface area contributed by atoms with Crippen LogP contribution in [0.5, 0.6) is 0 Å². The minimum Gasteiger partial charge on any atom is -0.293 e. The number of ketones is 1. The summed E-state index contributed by atoms with van der Waals surface area (Å²) in [6.07, 6.45) is 0.479. The Morgan fingerprint density at radius 2 is 2.07 bits per heavy atom. The lowest BCUT2D eigenvalue weighted by molar-refractivity contribution is 0.0946. The number of halogens is 1. The summed E-state index contributed by atoms with van der Waals surface area (Å²) < 4.78 is 12.5. The molecule has 0 fully saturated rings. The normalized spacial score (nSPS) is 11.8. The van der Waals surface area contributed by atoms with Crippen molar-refractivity contribution in [3.8, 4) is 6.07 Å². The number of carbonyl (C=O) groups excluding carboxylic acids is 1. The minimum atomic E-state index is -0.625. The molecule has 0 saturated heterocycles. The lowest BCUT2D eigenvalue weighted by Gasteiger charge is -2.04. The number of rotatable bonds is 3. The van der Waals surface area contributed by atoms with Gasteiger partial charge in [0.1, 0.15) is 11.7 Å².